The number of nitrogens with one attached hydrogen (secondary N) is 1. The molecule has 2 rings (SSSR count). The summed E-state index contributed by atoms with van der Waals surface area (Å²) in [7, 11) is 0. The minimum atomic E-state index is 0.769. The zero-order valence-electron chi connectivity index (χ0n) is 13.9. The Bertz CT molecular complexity index is 232. The summed E-state index contributed by atoms with van der Waals surface area (Å²) in [4.78, 5) is 2.75. The molecule has 1 aliphatic carbocycles. The number of piperidine rings is 1. The summed E-state index contributed by atoms with van der Waals surface area (Å²) in [5.74, 6) is 0.944. The topological polar surface area (TPSA) is 15.3 Å². The summed E-state index contributed by atoms with van der Waals surface area (Å²) in [6.07, 6.45) is 14.1. The van der Waals surface area contributed by atoms with Gasteiger partial charge in [0, 0.05) is 25.2 Å². The second kappa shape index (κ2) is 9.04. The Morgan fingerprint density at radius 3 is 2.40 bits per heavy atom. The van der Waals surface area contributed by atoms with Gasteiger partial charge in [0.25, 0.3) is 0 Å². The van der Waals surface area contributed by atoms with Gasteiger partial charge in [-0.3, -0.25) is 0 Å². The van der Waals surface area contributed by atoms with Crippen LogP contribution in [0, 0.1) is 5.92 Å². The maximum atomic E-state index is 3.99. The van der Waals surface area contributed by atoms with Crippen LogP contribution in [-0.2, 0) is 0 Å². The van der Waals surface area contributed by atoms with Crippen molar-refractivity contribution in [2.24, 2.45) is 5.92 Å². The second-order valence-corrected chi connectivity index (χ2v) is 7.20. The molecule has 2 nitrogen and oxygen atoms in total. The molecule has 0 aromatic rings. The average molecular weight is 280 g/mol. The van der Waals surface area contributed by atoms with Crippen molar-refractivity contribution in [2.75, 3.05) is 19.6 Å². The van der Waals surface area contributed by atoms with E-state index >= 15 is 0 Å². The largest absolute Gasteiger partial charge is 0.310 e. The van der Waals surface area contributed by atoms with Crippen LogP contribution in [0.5, 0.6) is 0 Å². The number of nitrogens with zero attached hydrogens (tertiary/aromatic N) is 1. The smallest absolute Gasteiger partial charge is 0.0200 e. The van der Waals surface area contributed by atoms with Crippen molar-refractivity contribution in [1.29, 1.82) is 0 Å². The highest BCUT2D eigenvalue weighted by molar-refractivity contribution is 4.87. The first-order valence-electron chi connectivity index (χ1n) is 9.30. The fourth-order valence-corrected chi connectivity index (χ4v) is 4.12. The van der Waals surface area contributed by atoms with Crippen molar-refractivity contribution in [1.82, 2.24) is 10.2 Å². The van der Waals surface area contributed by atoms with Crippen LogP contribution >= 0.6 is 0 Å². The average Bonchev–Trinajstić information content (AvgIpc) is 2.95. The first-order valence-corrected chi connectivity index (χ1v) is 9.30. The molecule has 0 bridgehead atoms. The molecule has 0 spiro atoms. The summed E-state index contributed by atoms with van der Waals surface area (Å²) in [5.41, 5.74) is 0. The van der Waals surface area contributed by atoms with Gasteiger partial charge in [0.2, 0.25) is 0 Å². The van der Waals surface area contributed by atoms with Crippen LogP contribution in [0.2, 0.25) is 0 Å². The quantitative estimate of drug-likeness (QED) is 0.717. The fourth-order valence-electron chi connectivity index (χ4n) is 4.12. The predicted octanol–water partition coefficient (Wildman–Crippen LogP) is 4.20. The van der Waals surface area contributed by atoms with Crippen molar-refractivity contribution < 1.29 is 0 Å². The van der Waals surface area contributed by atoms with Gasteiger partial charge in [-0.25, -0.2) is 0 Å². The van der Waals surface area contributed by atoms with Crippen molar-refractivity contribution in [2.45, 2.75) is 90.1 Å². The minimum Gasteiger partial charge on any atom is -0.310 e. The molecule has 2 unspecified atom stereocenters. The summed E-state index contributed by atoms with van der Waals surface area (Å²) < 4.78 is 0. The molecule has 118 valence electrons. The van der Waals surface area contributed by atoms with E-state index in [1.54, 1.807) is 0 Å². The van der Waals surface area contributed by atoms with Crippen molar-refractivity contribution in [3.8, 4) is 0 Å². The molecule has 1 aliphatic heterocycles. The van der Waals surface area contributed by atoms with E-state index in [0.29, 0.717) is 0 Å². The zero-order valence-corrected chi connectivity index (χ0v) is 13.9. The number of hydrogen-bond acceptors (Lipinski definition) is 2. The predicted molar refractivity (Wildman–Crippen MR) is 88.2 cm³/mol. The maximum absolute atomic E-state index is 3.99. The van der Waals surface area contributed by atoms with Gasteiger partial charge in [-0.05, 0) is 44.6 Å². The first-order chi connectivity index (χ1) is 9.81. The van der Waals surface area contributed by atoms with Gasteiger partial charge < -0.3 is 10.2 Å². The Labute approximate surface area is 126 Å². The van der Waals surface area contributed by atoms with E-state index in [0.717, 1.165) is 18.0 Å². The number of unbranched alkanes of at least 4 members (excludes halogenated alkanes) is 2. The van der Waals surface area contributed by atoms with E-state index in [9.17, 15) is 0 Å². The zero-order chi connectivity index (χ0) is 14.2. The monoisotopic (exact) mass is 280 g/mol. The third-order valence-corrected chi connectivity index (χ3v) is 5.23. The van der Waals surface area contributed by atoms with E-state index in [2.05, 4.69) is 24.1 Å². The molecule has 2 aliphatic rings. The lowest BCUT2D eigenvalue weighted by molar-refractivity contribution is 0.127. The Hall–Kier alpha value is -0.0800. The van der Waals surface area contributed by atoms with Crippen LogP contribution in [-0.4, -0.2) is 36.6 Å². The van der Waals surface area contributed by atoms with Crippen LogP contribution in [0.15, 0.2) is 0 Å². The van der Waals surface area contributed by atoms with Gasteiger partial charge in [0.1, 0.15) is 0 Å². The number of hydrogen-bond donors (Lipinski definition) is 1. The Kier molecular flexibility index (Phi) is 7.37. The molecule has 2 atom stereocenters. The van der Waals surface area contributed by atoms with Gasteiger partial charge in [0.05, 0.1) is 0 Å². The lowest BCUT2D eigenvalue weighted by atomic mass is 9.89. The van der Waals surface area contributed by atoms with E-state index < -0.39 is 0 Å². The molecule has 0 aromatic heterocycles. The van der Waals surface area contributed by atoms with E-state index in [1.807, 2.05) is 0 Å². The van der Waals surface area contributed by atoms with E-state index in [-0.39, 0.29) is 0 Å². The lowest BCUT2D eigenvalue weighted by Gasteiger charge is -2.39. The van der Waals surface area contributed by atoms with Crippen LogP contribution in [0.4, 0.5) is 0 Å². The highest BCUT2D eigenvalue weighted by atomic mass is 15.2. The SMILES string of the molecule is CCCCC1CC(NC2CCCC2)CN(CCCC)C1. The van der Waals surface area contributed by atoms with Gasteiger partial charge in [0.15, 0.2) is 0 Å². The van der Waals surface area contributed by atoms with Crippen LogP contribution in [0.25, 0.3) is 0 Å². The van der Waals surface area contributed by atoms with Gasteiger partial charge >= 0.3 is 0 Å². The van der Waals surface area contributed by atoms with E-state index in [4.69, 9.17) is 0 Å². The van der Waals surface area contributed by atoms with Crippen LogP contribution in [0.1, 0.15) is 78.1 Å². The molecule has 20 heavy (non-hydrogen) atoms. The van der Waals surface area contributed by atoms with Crippen molar-refractivity contribution in [3.05, 3.63) is 0 Å². The normalized spacial score (nSPS) is 29.1. The summed E-state index contributed by atoms with van der Waals surface area (Å²) in [6, 6.07) is 1.60. The highest BCUT2D eigenvalue weighted by Gasteiger charge is 2.28. The summed E-state index contributed by atoms with van der Waals surface area (Å²) in [6.45, 7) is 8.63. The summed E-state index contributed by atoms with van der Waals surface area (Å²) in [5, 5.41) is 3.99. The molecule has 1 N–H and O–H groups in total. The third kappa shape index (κ3) is 5.37. The molecular formula is C18H36N2. The molecule has 1 saturated carbocycles. The fraction of sp³-hybridized carbons (Fsp3) is 1.00. The Balaban J connectivity index is 1.81. The second-order valence-electron chi connectivity index (χ2n) is 7.20. The first kappa shape index (κ1) is 16.3. The molecule has 1 saturated heterocycles. The standard InChI is InChI=1S/C18H36N2/c1-3-5-9-16-13-18(19-17-10-7-8-11-17)15-20(14-16)12-6-4-2/h16-19H,3-15H2,1-2H3. The van der Waals surface area contributed by atoms with Crippen LogP contribution < -0.4 is 5.32 Å². The Morgan fingerprint density at radius 2 is 1.70 bits per heavy atom. The molecule has 2 fully saturated rings. The molecule has 1 heterocycles. The third-order valence-electron chi connectivity index (χ3n) is 5.23. The molecule has 0 aromatic carbocycles. The summed E-state index contributed by atoms with van der Waals surface area (Å²) >= 11 is 0. The van der Waals surface area contributed by atoms with Crippen LogP contribution in [0.3, 0.4) is 0 Å². The lowest BCUT2D eigenvalue weighted by Crippen LogP contribution is -2.51. The number of likely N-dealkylation sites (tertiary alicyclic amines) is 1. The Morgan fingerprint density at radius 1 is 0.950 bits per heavy atom. The molecule has 2 heteroatoms. The molecular weight excluding hydrogens is 244 g/mol. The van der Waals surface area contributed by atoms with Crippen molar-refractivity contribution >= 4 is 0 Å². The minimum absolute atomic E-state index is 0.769. The molecule has 0 amide bonds. The van der Waals surface area contributed by atoms with Gasteiger partial charge in [-0.1, -0.05) is 46.0 Å². The maximum Gasteiger partial charge on any atom is 0.0200 e. The van der Waals surface area contributed by atoms with Gasteiger partial charge in [-0.2, -0.15) is 0 Å². The van der Waals surface area contributed by atoms with Gasteiger partial charge in [-0.15, -0.1) is 0 Å². The van der Waals surface area contributed by atoms with Crippen molar-refractivity contribution in [3.63, 3.8) is 0 Å². The number of rotatable bonds is 8. The molecule has 0 radical (unpaired) electrons. The highest BCUT2D eigenvalue weighted by Crippen LogP contribution is 2.25. The van der Waals surface area contributed by atoms with E-state index in [1.165, 1.54) is 83.8 Å².